The number of hydrogen-bond donors (Lipinski definition) is 2. The van der Waals surface area contributed by atoms with Crippen molar-refractivity contribution in [2.75, 3.05) is 19.6 Å². The van der Waals surface area contributed by atoms with Crippen LogP contribution in [0, 0.1) is 5.92 Å². The summed E-state index contributed by atoms with van der Waals surface area (Å²) >= 11 is 0. The molecule has 0 saturated carbocycles. The van der Waals surface area contributed by atoms with Gasteiger partial charge in [0.15, 0.2) is 0 Å². The van der Waals surface area contributed by atoms with Crippen molar-refractivity contribution in [1.82, 2.24) is 15.5 Å². The van der Waals surface area contributed by atoms with Gasteiger partial charge in [0.1, 0.15) is 0 Å². The van der Waals surface area contributed by atoms with Gasteiger partial charge in [-0.25, -0.2) is 4.79 Å². The Morgan fingerprint density at radius 1 is 1.24 bits per heavy atom. The van der Waals surface area contributed by atoms with Crippen molar-refractivity contribution in [3.05, 3.63) is 48.0 Å². The molecule has 2 aliphatic rings. The molecule has 1 heterocycles. The molecule has 5 nitrogen and oxygen atoms in total. The molecule has 2 N–H and O–H groups in total. The smallest absolute Gasteiger partial charge is 0.315 e. The largest absolute Gasteiger partial charge is 0.342 e. The van der Waals surface area contributed by atoms with Crippen LogP contribution in [0.25, 0.3) is 0 Å². The molecule has 1 aliphatic heterocycles. The molecule has 1 aromatic rings. The maximum atomic E-state index is 12.2. The van der Waals surface area contributed by atoms with Crippen molar-refractivity contribution < 1.29 is 9.59 Å². The lowest BCUT2D eigenvalue weighted by atomic mass is 10.0. The van der Waals surface area contributed by atoms with E-state index in [1.54, 1.807) is 0 Å². The van der Waals surface area contributed by atoms with Crippen LogP contribution in [0.2, 0.25) is 0 Å². The number of benzene rings is 1. The summed E-state index contributed by atoms with van der Waals surface area (Å²) < 4.78 is 0. The molecule has 25 heavy (non-hydrogen) atoms. The van der Waals surface area contributed by atoms with Crippen LogP contribution in [0.1, 0.15) is 31.2 Å². The highest BCUT2D eigenvalue weighted by Crippen LogP contribution is 2.17. The SMILES string of the molecule is O=C(NC[C@H]1CC(=O)N(CCc2ccccc2)C1)N[C@H]1C=CCCC1. The first kappa shape index (κ1) is 17.5. The molecule has 3 amide bonds. The van der Waals surface area contributed by atoms with Crippen LogP contribution < -0.4 is 10.6 Å². The van der Waals surface area contributed by atoms with Gasteiger partial charge in [-0.05, 0) is 31.2 Å². The van der Waals surface area contributed by atoms with Gasteiger partial charge >= 0.3 is 6.03 Å². The van der Waals surface area contributed by atoms with Crippen molar-refractivity contribution in [2.45, 2.75) is 38.1 Å². The van der Waals surface area contributed by atoms with Crippen molar-refractivity contribution >= 4 is 11.9 Å². The Morgan fingerprint density at radius 3 is 2.84 bits per heavy atom. The molecule has 1 aliphatic carbocycles. The van der Waals surface area contributed by atoms with Gasteiger partial charge in [-0.3, -0.25) is 4.79 Å². The zero-order chi connectivity index (χ0) is 17.5. The van der Waals surface area contributed by atoms with Gasteiger partial charge < -0.3 is 15.5 Å². The van der Waals surface area contributed by atoms with Gasteiger partial charge in [-0.15, -0.1) is 0 Å². The van der Waals surface area contributed by atoms with Crippen LogP contribution in [0.4, 0.5) is 4.79 Å². The van der Waals surface area contributed by atoms with Gasteiger partial charge in [0.25, 0.3) is 0 Å². The van der Waals surface area contributed by atoms with Gasteiger partial charge in [0.05, 0.1) is 0 Å². The fraction of sp³-hybridized carbons (Fsp3) is 0.500. The van der Waals surface area contributed by atoms with E-state index in [1.807, 2.05) is 23.1 Å². The van der Waals surface area contributed by atoms with Crippen molar-refractivity contribution in [3.63, 3.8) is 0 Å². The Labute approximate surface area is 149 Å². The first-order chi connectivity index (χ1) is 12.2. The summed E-state index contributed by atoms with van der Waals surface area (Å²) in [5.74, 6) is 0.397. The number of nitrogens with zero attached hydrogens (tertiary/aromatic N) is 1. The van der Waals surface area contributed by atoms with Crippen molar-refractivity contribution in [1.29, 1.82) is 0 Å². The Kier molecular flexibility index (Phi) is 6.09. The molecule has 0 unspecified atom stereocenters. The lowest BCUT2D eigenvalue weighted by molar-refractivity contribution is -0.127. The maximum absolute atomic E-state index is 12.2. The highest BCUT2D eigenvalue weighted by atomic mass is 16.2. The van der Waals surface area contributed by atoms with E-state index in [4.69, 9.17) is 0 Å². The quantitative estimate of drug-likeness (QED) is 0.781. The van der Waals surface area contributed by atoms with Gasteiger partial charge in [0, 0.05) is 38.0 Å². The number of allylic oxidation sites excluding steroid dienone is 1. The zero-order valence-electron chi connectivity index (χ0n) is 14.6. The Morgan fingerprint density at radius 2 is 2.08 bits per heavy atom. The number of nitrogens with one attached hydrogen (secondary N) is 2. The number of urea groups is 1. The number of carbonyl (C=O) groups excluding carboxylic acids is 2. The third-order valence-electron chi connectivity index (χ3n) is 4.93. The molecule has 5 heteroatoms. The van der Waals surface area contributed by atoms with E-state index in [1.165, 1.54) is 5.56 Å². The second kappa shape index (κ2) is 8.70. The highest BCUT2D eigenvalue weighted by molar-refractivity contribution is 5.79. The molecule has 1 saturated heterocycles. The standard InChI is InChI=1S/C20H27N3O2/c24-19-13-17(14-21-20(25)22-18-9-5-2-6-10-18)15-23(19)12-11-16-7-3-1-4-8-16/h1,3-5,7-9,17-18H,2,6,10-15H2,(H2,21,22,25)/t17-,18+/m1/s1. The molecule has 0 aromatic heterocycles. The van der Waals surface area contributed by atoms with E-state index in [0.29, 0.717) is 13.0 Å². The zero-order valence-corrected chi connectivity index (χ0v) is 14.6. The summed E-state index contributed by atoms with van der Waals surface area (Å²) in [7, 11) is 0. The van der Waals surface area contributed by atoms with E-state index in [2.05, 4.69) is 34.9 Å². The van der Waals surface area contributed by atoms with Gasteiger partial charge in [-0.1, -0.05) is 42.5 Å². The van der Waals surface area contributed by atoms with E-state index in [9.17, 15) is 9.59 Å². The van der Waals surface area contributed by atoms with Crippen LogP contribution in [0.5, 0.6) is 0 Å². The average Bonchev–Trinajstić information content (AvgIpc) is 3.00. The number of likely N-dealkylation sites (tertiary alicyclic amines) is 1. The molecular weight excluding hydrogens is 314 g/mol. The second-order valence-corrected chi connectivity index (χ2v) is 6.97. The van der Waals surface area contributed by atoms with E-state index in [0.717, 1.165) is 38.8 Å². The molecule has 3 rings (SSSR count). The summed E-state index contributed by atoms with van der Waals surface area (Å²) in [6.45, 7) is 2.03. The molecule has 0 spiro atoms. The van der Waals surface area contributed by atoms with E-state index < -0.39 is 0 Å². The molecule has 1 fully saturated rings. The van der Waals surface area contributed by atoms with Crippen LogP contribution in [0.3, 0.4) is 0 Å². The minimum absolute atomic E-state index is 0.133. The third-order valence-corrected chi connectivity index (χ3v) is 4.93. The lowest BCUT2D eigenvalue weighted by Gasteiger charge is -2.19. The molecule has 0 radical (unpaired) electrons. The van der Waals surface area contributed by atoms with Crippen molar-refractivity contribution in [2.24, 2.45) is 5.92 Å². The summed E-state index contributed by atoms with van der Waals surface area (Å²) in [4.78, 5) is 26.1. The number of carbonyl (C=O) groups is 2. The van der Waals surface area contributed by atoms with Gasteiger partial charge in [0.2, 0.25) is 5.91 Å². The number of hydrogen-bond acceptors (Lipinski definition) is 2. The molecular formula is C20H27N3O2. The van der Waals surface area contributed by atoms with Crippen LogP contribution in [-0.2, 0) is 11.2 Å². The second-order valence-electron chi connectivity index (χ2n) is 6.97. The van der Waals surface area contributed by atoms with E-state index in [-0.39, 0.29) is 23.9 Å². The topological polar surface area (TPSA) is 61.4 Å². The highest BCUT2D eigenvalue weighted by Gasteiger charge is 2.29. The van der Waals surface area contributed by atoms with Crippen LogP contribution in [0.15, 0.2) is 42.5 Å². The minimum Gasteiger partial charge on any atom is -0.342 e. The fourth-order valence-corrected chi connectivity index (χ4v) is 3.50. The minimum atomic E-state index is -0.133. The summed E-state index contributed by atoms with van der Waals surface area (Å²) in [6, 6.07) is 10.2. The normalized spacial score (nSPS) is 22.9. The van der Waals surface area contributed by atoms with E-state index >= 15 is 0 Å². The predicted molar refractivity (Wildman–Crippen MR) is 98.1 cm³/mol. The van der Waals surface area contributed by atoms with Crippen molar-refractivity contribution in [3.8, 4) is 0 Å². The number of rotatable bonds is 6. The van der Waals surface area contributed by atoms with Crippen LogP contribution in [-0.4, -0.2) is 42.5 Å². The molecule has 134 valence electrons. The summed E-state index contributed by atoms with van der Waals surface area (Å²) in [5.41, 5.74) is 1.25. The Balaban J connectivity index is 1.37. The molecule has 2 atom stereocenters. The lowest BCUT2D eigenvalue weighted by Crippen LogP contribution is -2.43. The molecule has 0 bridgehead atoms. The predicted octanol–water partition coefficient (Wildman–Crippen LogP) is 2.49. The number of amides is 3. The first-order valence-corrected chi connectivity index (χ1v) is 9.23. The first-order valence-electron chi connectivity index (χ1n) is 9.23. The molecule has 1 aromatic carbocycles. The monoisotopic (exact) mass is 341 g/mol. The summed E-state index contributed by atoms with van der Waals surface area (Å²) in [6.07, 6.45) is 8.80. The Hall–Kier alpha value is -2.30. The van der Waals surface area contributed by atoms with Gasteiger partial charge in [-0.2, -0.15) is 0 Å². The summed E-state index contributed by atoms with van der Waals surface area (Å²) in [5, 5.41) is 5.90. The maximum Gasteiger partial charge on any atom is 0.315 e. The fourth-order valence-electron chi connectivity index (χ4n) is 3.50. The van der Waals surface area contributed by atoms with Crippen LogP contribution >= 0.6 is 0 Å². The average molecular weight is 341 g/mol. The third kappa shape index (κ3) is 5.34. The Bertz CT molecular complexity index is 615.